The SMILES string of the molecule is CCNc1ccc([N+](=O)[O-])cc1COC1CCCCC1. The van der Waals surface area contributed by atoms with E-state index in [9.17, 15) is 10.1 Å². The zero-order valence-electron chi connectivity index (χ0n) is 11.9. The van der Waals surface area contributed by atoms with Crippen LogP contribution in [0.5, 0.6) is 0 Å². The second kappa shape index (κ2) is 7.24. The van der Waals surface area contributed by atoms with Crippen LogP contribution in [0.15, 0.2) is 18.2 Å². The Morgan fingerprint density at radius 1 is 1.35 bits per heavy atom. The standard InChI is InChI=1S/C15H22N2O3/c1-2-16-15-9-8-13(17(18)19)10-12(15)11-20-14-6-4-3-5-7-14/h8-10,14,16H,2-7,11H2,1H3. The van der Waals surface area contributed by atoms with Gasteiger partial charge in [0.15, 0.2) is 0 Å². The molecule has 5 nitrogen and oxygen atoms in total. The van der Waals surface area contributed by atoms with E-state index in [1.807, 2.05) is 6.92 Å². The fraction of sp³-hybridized carbons (Fsp3) is 0.600. The summed E-state index contributed by atoms with van der Waals surface area (Å²) in [5.41, 5.74) is 1.91. The van der Waals surface area contributed by atoms with Crippen molar-refractivity contribution < 1.29 is 9.66 Å². The van der Waals surface area contributed by atoms with Crippen LogP contribution in [0, 0.1) is 10.1 Å². The molecular weight excluding hydrogens is 256 g/mol. The van der Waals surface area contributed by atoms with Gasteiger partial charge in [0.1, 0.15) is 0 Å². The minimum Gasteiger partial charge on any atom is -0.385 e. The summed E-state index contributed by atoms with van der Waals surface area (Å²) in [6.07, 6.45) is 6.24. The number of nitrogens with one attached hydrogen (secondary N) is 1. The minimum atomic E-state index is -0.361. The molecule has 20 heavy (non-hydrogen) atoms. The van der Waals surface area contributed by atoms with Crippen molar-refractivity contribution in [1.82, 2.24) is 0 Å². The topological polar surface area (TPSA) is 64.4 Å². The predicted molar refractivity (Wildman–Crippen MR) is 78.9 cm³/mol. The molecule has 1 aromatic carbocycles. The van der Waals surface area contributed by atoms with E-state index in [4.69, 9.17) is 4.74 Å². The molecule has 0 saturated heterocycles. The third kappa shape index (κ3) is 3.93. The van der Waals surface area contributed by atoms with Crippen LogP contribution in [0.4, 0.5) is 11.4 Å². The van der Waals surface area contributed by atoms with Gasteiger partial charge in [-0.05, 0) is 25.8 Å². The van der Waals surface area contributed by atoms with Gasteiger partial charge in [-0.15, -0.1) is 0 Å². The third-order valence-electron chi connectivity index (χ3n) is 3.69. The average molecular weight is 278 g/mol. The second-order valence-electron chi connectivity index (χ2n) is 5.20. The summed E-state index contributed by atoms with van der Waals surface area (Å²) in [6, 6.07) is 4.91. The van der Waals surface area contributed by atoms with Crippen LogP contribution >= 0.6 is 0 Å². The minimum absolute atomic E-state index is 0.119. The van der Waals surface area contributed by atoms with Crippen molar-refractivity contribution >= 4 is 11.4 Å². The number of ether oxygens (including phenoxy) is 1. The summed E-state index contributed by atoms with van der Waals surface area (Å²) in [4.78, 5) is 10.5. The van der Waals surface area contributed by atoms with Gasteiger partial charge in [-0.25, -0.2) is 0 Å². The molecule has 0 aliphatic heterocycles. The highest BCUT2D eigenvalue weighted by molar-refractivity contribution is 5.55. The van der Waals surface area contributed by atoms with E-state index < -0.39 is 0 Å². The Morgan fingerprint density at radius 3 is 2.75 bits per heavy atom. The zero-order chi connectivity index (χ0) is 14.4. The molecule has 0 aromatic heterocycles. The van der Waals surface area contributed by atoms with Gasteiger partial charge >= 0.3 is 0 Å². The quantitative estimate of drug-likeness (QED) is 0.633. The molecule has 0 atom stereocenters. The lowest BCUT2D eigenvalue weighted by molar-refractivity contribution is -0.384. The Balaban J connectivity index is 2.06. The van der Waals surface area contributed by atoms with Gasteiger partial charge in [-0.3, -0.25) is 10.1 Å². The first-order chi connectivity index (χ1) is 9.70. The monoisotopic (exact) mass is 278 g/mol. The molecule has 1 aliphatic carbocycles. The maximum absolute atomic E-state index is 10.9. The van der Waals surface area contributed by atoms with Crippen LogP contribution in [0.2, 0.25) is 0 Å². The number of rotatable bonds is 6. The Bertz CT molecular complexity index is 456. The van der Waals surface area contributed by atoms with E-state index in [0.29, 0.717) is 12.7 Å². The van der Waals surface area contributed by atoms with E-state index in [0.717, 1.165) is 30.6 Å². The number of benzene rings is 1. The van der Waals surface area contributed by atoms with Crippen molar-refractivity contribution in [1.29, 1.82) is 0 Å². The summed E-state index contributed by atoms with van der Waals surface area (Å²) in [7, 11) is 0. The van der Waals surface area contributed by atoms with Crippen LogP contribution in [0.1, 0.15) is 44.6 Å². The van der Waals surface area contributed by atoms with Crippen LogP contribution in [0.3, 0.4) is 0 Å². The highest BCUT2D eigenvalue weighted by Gasteiger charge is 2.16. The molecule has 0 radical (unpaired) electrons. The molecule has 0 heterocycles. The first kappa shape index (κ1) is 14.8. The lowest BCUT2D eigenvalue weighted by Crippen LogP contribution is -2.16. The summed E-state index contributed by atoms with van der Waals surface area (Å²) in [5, 5.41) is 14.1. The van der Waals surface area contributed by atoms with E-state index in [1.54, 1.807) is 12.1 Å². The number of non-ortho nitro benzene ring substituents is 1. The van der Waals surface area contributed by atoms with Gasteiger partial charge in [0.05, 0.1) is 17.6 Å². The number of hydrogen-bond acceptors (Lipinski definition) is 4. The number of nitro groups is 1. The van der Waals surface area contributed by atoms with Crippen LogP contribution in [-0.4, -0.2) is 17.6 Å². The van der Waals surface area contributed by atoms with Crippen molar-refractivity contribution in [3.8, 4) is 0 Å². The van der Waals surface area contributed by atoms with Gasteiger partial charge in [-0.1, -0.05) is 19.3 Å². The lowest BCUT2D eigenvalue weighted by atomic mass is 9.98. The number of hydrogen-bond donors (Lipinski definition) is 1. The maximum Gasteiger partial charge on any atom is 0.269 e. The summed E-state index contributed by atoms with van der Waals surface area (Å²) >= 11 is 0. The Kier molecular flexibility index (Phi) is 5.35. The van der Waals surface area contributed by atoms with Crippen molar-refractivity contribution in [2.75, 3.05) is 11.9 Å². The molecular formula is C15H22N2O3. The highest BCUT2D eigenvalue weighted by Crippen LogP contribution is 2.26. The maximum atomic E-state index is 10.9. The largest absolute Gasteiger partial charge is 0.385 e. The predicted octanol–water partition coefficient (Wildman–Crippen LogP) is 3.88. The molecule has 1 aromatic rings. The molecule has 1 N–H and O–H groups in total. The van der Waals surface area contributed by atoms with Crippen molar-refractivity contribution in [3.63, 3.8) is 0 Å². The molecule has 1 fully saturated rings. The molecule has 0 bridgehead atoms. The van der Waals surface area contributed by atoms with Gasteiger partial charge in [0.25, 0.3) is 5.69 Å². The van der Waals surface area contributed by atoms with E-state index in [1.165, 1.54) is 25.3 Å². The van der Waals surface area contributed by atoms with Gasteiger partial charge in [0.2, 0.25) is 0 Å². The summed E-state index contributed by atoms with van der Waals surface area (Å²) in [5.74, 6) is 0. The third-order valence-corrected chi connectivity index (χ3v) is 3.69. The number of nitro benzene ring substituents is 1. The van der Waals surface area contributed by atoms with Crippen molar-refractivity contribution in [2.45, 2.75) is 51.7 Å². The molecule has 2 rings (SSSR count). The van der Waals surface area contributed by atoms with Crippen molar-refractivity contribution in [2.24, 2.45) is 0 Å². The van der Waals surface area contributed by atoms with Crippen molar-refractivity contribution in [3.05, 3.63) is 33.9 Å². The molecule has 0 amide bonds. The Morgan fingerprint density at radius 2 is 2.10 bits per heavy atom. The lowest BCUT2D eigenvalue weighted by Gasteiger charge is -2.22. The first-order valence-corrected chi connectivity index (χ1v) is 7.33. The second-order valence-corrected chi connectivity index (χ2v) is 5.20. The van der Waals surface area contributed by atoms with E-state index in [2.05, 4.69) is 5.32 Å². The number of nitrogens with zero attached hydrogens (tertiary/aromatic N) is 1. The van der Waals surface area contributed by atoms with Crippen LogP contribution < -0.4 is 5.32 Å². The van der Waals surface area contributed by atoms with E-state index in [-0.39, 0.29) is 10.6 Å². The molecule has 5 heteroatoms. The Labute approximate surface area is 119 Å². The van der Waals surface area contributed by atoms with Gasteiger partial charge in [0, 0.05) is 29.9 Å². The fourth-order valence-corrected chi connectivity index (χ4v) is 2.62. The van der Waals surface area contributed by atoms with Crippen LogP contribution in [-0.2, 0) is 11.3 Å². The molecule has 1 saturated carbocycles. The van der Waals surface area contributed by atoms with Gasteiger partial charge < -0.3 is 10.1 Å². The highest BCUT2D eigenvalue weighted by atomic mass is 16.6. The fourth-order valence-electron chi connectivity index (χ4n) is 2.62. The smallest absolute Gasteiger partial charge is 0.269 e. The summed E-state index contributed by atoms with van der Waals surface area (Å²) in [6.45, 7) is 3.23. The summed E-state index contributed by atoms with van der Waals surface area (Å²) < 4.78 is 5.93. The Hall–Kier alpha value is -1.62. The first-order valence-electron chi connectivity index (χ1n) is 7.33. The van der Waals surface area contributed by atoms with Gasteiger partial charge in [-0.2, -0.15) is 0 Å². The molecule has 110 valence electrons. The van der Waals surface area contributed by atoms with Crippen LogP contribution in [0.25, 0.3) is 0 Å². The molecule has 0 unspecified atom stereocenters. The van der Waals surface area contributed by atoms with E-state index >= 15 is 0 Å². The number of anilines is 1. The average Bonchev–Trinajstić information content (AvgIpc) is 2.47. The zero-order valence-corrected chi connectivity index (χ0v) is 11.9. The molecule has 0 spiro atoms. The molecule has 1 aliphatic rings. The normalized spacial score (nSPS) is 16.1.